The molecule has 1 saturated carbocycles. The maximum Gasteiger partial charge on any atom is 0.0792 e. The van der Waals surface area contributed by atoms with Gasteiger partial charge >= 0.3 is 0 Å². The van der Waals surface area contributed by atoms with E-state index in [4.69, 9.17) is 0 Å². The zero-order valence-corrected chi connectivity index (χ0v) is 11.2. The third-order valence-corrected chi connectivity index (χ3v) is 4.46. The largest absolute Gasteiger partial charge is 0.388 e. The van der Waals surface area contributed by atoms with Gasteiger partial charge in [0.05, 0.1) is 5.60 Å². The summed E-state index contributed by atoms with van der Waals surface area (Å²) in [4.78, 5) is 2.52. The Morgan fingerprint density at radius 3 is 2.67 bits per heavy atom. The van der Waals surface area contributed by atoms with Gasteiger partial charge in [0.2, 0.25) is 0 Å². The van der Waals surface area contributed by atoms with Gasteiger partial charge in [-0.2, -0.15) is 0 Å². The molecule has 1 N–H and O–H groups in total. The molecule has 2 atom stereocenters. The van der Waals surface area contributed by atoms with Crippen molar-refractivity contribution in [1.29, 1.82) is 0 Å². The molecule has 1 aromatic rings. The van der Waals surface area contributed by atoms with Crippen LogP contribution in [0.2, 0.25) is 0 Å². The second-order valence-electron chi connectivity index (χ2n) is 6.17. The van der Waals surface area contributed by atoms with Crippen molar-refractivity contribution in [2.45, 2.75) is 56.7 Å². The highest BCUT2D eigenvalue weighted by molar-refractivity contribution is 5.15. The van der Waals surface area contributed by atoms with E-state index < -0.39 is 5.60 Å². The van der Waals surface area contributed by atoms with E-state index in [0.29, 0.717) is 6.04 Å². The zero-order valence-electron chi connectivity index (χ0n) is 11.2. The summed E-state index contributed by atoms with van der Waals surface area (Å²) in [7, 11) is 0. The number of nitrogens with zero attached hydrogens (tertiary/aromatic N) is 1. The Balaban J connectivity index is 1.59. The van der Waals surface area contributed by atoms with E-state index in [1.165, 1.54) is 18.4 Å². The van der Waals surface area contributed by atoms with Crippen LogP contribution in [0.4, 0.5) is 0 Å². The molecule has 1 aliphatic heterocycles. The van der Waals surface area contributed by atoms with E-state index in [9.17, 15) is 5.11 Å². The minimum absolute atomic E-state index is 0.460. The number of benzene rings is 1. The van der Waals surface area contributed by atoms with E-state index in [-0.39, 0.29) is 0 Å². The smallest absolute Gasteiger partial charge is 0.0792 e. The van der Waals surface area contributed by atoms with E-state index >= 15 is 0 Å². The molecule has 2 aliphatic rings. The van der Waals surface area contributed by atoms with Gasteiger partial charge in [0.1, 0.15) is 0 Å². The Labute approximate surface area is 110 Å². The molecule has 2 fully saturated rings. The van der Waals surface area contributed by atoms with Crippen molar-refractivity contribution in [2.24, 2.45) is 0 Å². The van der Waals surface area contributed by atoms with Gasteiger partial charge in [-0.1, -0.05) is 30.3 Å². The molecular weight excluding hydrogens is 222 g/mol. The predicted molar refractivity (Wildman–Crippen MR) is 73.5 cm³/mol. The van der Waals surface area contributed by atoms with Gasteiger partial charge < -0.3 is 5.11 Å². The topological polar surface area (TPSA) is 23.5 Å². The summed E-state index contributed by atoms with van der Waals surface area (Å²) in [5.74, 6) is 0. The van der Waals surface area contributed by atoms with Gasteiger partial charge in [-0.05, 0) is 44.6 Å². The summed E-state index contributed by atoms with van der Waals surface area (Å²) in [5.41, 5.74) is 0.876. The van der Waals surface area contributed by atoms with Crippen LogP contribution in [-0.2, 0) is 6.42 Å². The minimum Gasteiger partial charge on any atom is -0.388 e. The lowest BCUT2D eigenvalue weighted by Crippen LogP contribution is -2.35. The van der Waals surface area contributed by atoms with Crippen molar-refractivity contribution in [3.05, 3.63) is 35.9 Å². The Kier molecular flexibility index (Phi) is 3.16. The molecule has 3 rings (SSSR count). The monoisotopic (exact) mass is 245 g/mol. The van der Waals surface area contributed by atoms with E-state index in [1.54, 1.807) is 0 Å². The summed E-state index contributed by atoms with van der Waals surface area (Å²) >= 11 is 0. The molecule has 1 aromatic carbocycles. The number of hydrogen-bond donors (Lipinski definition) is 1. The Bertz CT molecular complexity index is 401. The van der Waals surface area contributed by atoms with Crippen molar-refractivity contribution in [3.8, 4) is 0 Å². The Morgan fingerprint density at radius 1 is 1.28 bits per heavy atom. The SMILES string of the molecule is CC1CC(O)(CCc2ccccc2)CN1C1CC1. The molecule has 1 heterocycles. The molecule has 98 valence electrons. The summed E-state index contributed by atoms with van der Waals surface area (Å²) in [5, 5.41) is 10.7. The summed E-state index contributed by atoms with van der Waals surface area (Å²) in [6, 6.07) is 11.8. The number of β-amino-alcohol motifs (C(OH)–C–C–N with tert-alkyl or cyclic N) is 1. The molecule has 2 unspecified atom stereocenters. The second kappa shape index (κ2) is 4.67. The fourth-order valence-electron chi connectivity index (χ4n) is 3.33. The first-order chi connectivity index (χ1) is 8.66. The number of aliphatic hydroxyl groups is 1. The molecule has 2 nitrogen and oxygen atoms in total. The normalized spacial score (nSPS) is 32.9. The van der Waals surface area contributed by atoms with E-state index in [2.05, 4.69) is 36.1 Å². The van der Waals surface area contributed by atoms with Crippen molar-refractivity contribution < 1.29 is 5.11 Å². The summed E-state index contributed by atoms with van der Waals surface area (Å²) in [6.07, 6.45) is 5.49. The van der Waals surface area contributed by atoms with Gasteiger partial charge in [0.25, 0.3) is 0 Å². The van der Waals surface area contributed by atoms with Crippen LogP contribution in [-0.4, -0.2) is 34.2 Å². The van der Waals surface area contributed by atoms with Crippen LogP contribution in [0.3, 0.4) is 0 Å². The van der Waals surface area contributed by atoms with E-state index in [0.717, 1.165) is 31.8 Å². The molecule has 0 aromatic heterocycles. The molecule has 0 amide bonds. The lowest BCUT2D eigenvalue weighted by Gasteiger charge is -2.23. The average Bonchev–Trinajstić information content (AvgIpc) is 3.15. The number of aryl methyl sites for hydroxylation is 1. The van der Waals surface area contributed by atoms with Crippen molar-refractivity contribution in [3.63, 3.8) is 0 Å². The first-order valence-electron chi connectivity index (χ1n) is 7.18. The summed E-state index contributed by atoms with van der Waals surface area (Å²) in [6.45, 7) is 3.14. The second-order valence-corrected chi connectivity index (χ2v) is 6.17. The summed E-state index contributed by atoms with van der Waals surface area (Å²) < 4.78 is 0. The van der Waals surface area contributed by atoms with Gasteiger partial charge in [-0.3, -0.25) is 4.90 Å². The molecule has 0 bridgehead atoms. The van der Waals surface area contributed by atoms with Crippen molar-refractivity contribution in [1.82, 2.24) is 4.90 Å². The third-order valence-electron chi connectivity index (χ3n) is 4.46. The molecule has 0 spiro atoms. The number of hydrogen-bond acceptors (Lipinski definition) is 2. The lowest BCUT2D eigenvalue weighted by molar-refractivity contribution is 0.0400. The maximum absolute atomic E-state index is 10.7. The quantitative estimate of drug-likeness (QED) is 0.881. The number of likely N-dealkylation sites (tertiary alicyclic amines) is 1. The van der Waals surface area contributed by atoms with Crippen molar-refractivity contribution >= 4 is 0 Å². The van der Waals surface area contributed by atoms with Crippen LogP contribution in [0, 0.1) is 0 Å². The van der Waals surface area contributed by atoms with Crippen LogP contribution >= 0.6 is 0 Å². The Hall–Kier alpha value is -0.860. The highest BCUT2D eigenvalue weighted by Gasteiger charge is 2.45. The fraction of sp³-hybridized carbons (Fsp3) is 0.625. The zero-order chi connectivity index (χ0) is 12.6. The van der Waals surface area contributed by atoms with E-state index in [1.807, 2.05) is 6.07 Å². The van der Waals surface area contributed by atoms with Crippen LogP contribution in [0.25, 0.3) is 0 Å². The highest BCUT2D eigenvalue weighted by atomic mass is 16.3. The standard InChI is InChI=1S/C16H23NO/c1-13-11-16(18,12-17(13)15-7-8-15)10-9-14-5-3-2-4-6-14/h2-6,13,15,18H,7-12H2,1H3. The van der Waals surface area contributed by atoms with Crippen LogP contribution in [0.15, 0.2) is 30.3 Å². The average molecular weight is 245 g/mol. The van der Waals surface area contributed by atoms with Gasteiger partial charge in [-0.25, -0.2) is 0 Å². The molecule has 1 aliphatic carbocycles. The Morgan fingerprint density at radius 2 is 2.00 bits per heavy atom. The highest BCUT2D eigenvalue weighted by Crippen LogP contribution is 2.38. The van der Waals surface area contributed by atoms with Crippen LogP contribution in [0.1, 0.15) is 38.2 Å². The van der Waals surface area contributed by atoms with Gasteiger partial charge in [0.15, 0.2) is 0 Å². The molecule has 2 heteroatoms. The van der Waals surface area contributed by atoms with Crippen LogP contribution < -0.4 is 0 Å². The maximum atomic E-state index is 10.7. The first-order valence-corrected chi connectivity index (χ1v) is 7.18. The molecule has 0 radical (unpaired) electrons. The first kappa shape index (κ1) is 12.2. The molecule has 18 heavy (non-hydrogen) atoms. The number of rotatable bonds is 4. The van der Waals surface area contributed by atoms with Crippen LogP contribution in [0.5, 0.6) is 0 Å². The third kappa shape index (κ3) is 2.60. The fourth-order valence-corrected chi connectivity index (χ4v) is 3.33. The molecular formula is C16H23NO. The molecule has 1 saturated heterocycles. The predicted octanol–water partition coefficient (Wildman–Crippen LogP) is 2.61. The van der Waals surface area contributed by atoms with Crippen molar-refractivity contribution in [2.75, 3.05) is 6.54 Å². The van der Waals surface area contributed by atoms with Gasteiger partial charge in [0, 0.05) is 18.6 Å². The lowest BCUT2D eigenvalue weighted by atomic mass is 9.93. The van der Waals surface area contributed by atoms with Gasteiger partial charge in [-0.15, -0.1) is 0 Å². The minimum atomic E-state index is -0.460.